The first-order valence-corrected chi connectivity index (χ1v) is 9.17. The number of carbonyl (C=O) groups is 1. The quantitative estimate of drug-likeness (QED) is 0.541. The van der Waals surface area contributed by atoms with Crippen molar-refractivity contribution in [2.24, 2.45) is 0 Å². The zero-order valence-electron chi connectivity index (χ0n) is 15.7. The fraction of sp³-hybridized carbons (Fsp3) is 0.190. The summed E-state index contributed by atoms with van der Waals surface area (Å²) in [5.74, 6) is -2.30. The van der Waals surface area contributed by atoms with Crippen LogP contribution in [0.1, 0.15) is 28.3 Å². The van der Waals surface area contributed by atoms with E-state index in [4.69, 9.17) is 5.11 Å². The van der Waals surface area contributed by atoms with Crippen LogP contribution in [0, 0.1) is 5.82 Å². The minimum atomic E-state index is -4.89. The second-order valence-electron chi connectivity index (χ2n) is 7.01. The molecule has 4 rings (SSSR count). The van der Waals surface area contributed by atoms with Gasteiger partial charge in [-0.05, 0) is 42.3 Å². The van der Waals surface area contributed by atoms with Crippen molar-refractivity contribution in [2.45, 2.75) is 24.7 Å². The van der Waals surface area contributed by atoms with Crippen LogP contribution in [0.5, 0.6) is 5.75 Å². The van der Waals surface area contributed by atoms with Crippen LogP contribution in [0.3, 0.4) is 0 Å². The van der Waals surface area contributed by atoms with Crippen molar-refractivity contribution in [3.8, 4) is 17.1 Å². The molecule has 0 amide bonds. The Morgan fingerprint density at radius 3 is 2.55 bits per heavy atom. The maximum absolute atomic E-state index is 14.1. The number of aromatic carboxylic acids is 1. The second kappa shape index (κ2) is 7.86. The van der Waals surface area contributed by atoms with Gasteiger partial charge in [0, 0.05) is 12.0 Å². The normalized spacial score (nSPS) is 17.8. The van der Waals surface area contributed by atoms with E-state index in [1.807, 2.05) is 6.07 Å². The van der Waals surface area contributed by atoms with E-state index in [-0.39, 0.29) is 28.9 Å². The predicted molar refractivity (Wildman–Crippen MR) is 102 cm³/mol. The molecule has 0 spiro atoms. The van der Waals surface area contributed by atoms with Crippen molar-refractivity contribution in [1.29, 1.82) is 0 Å². The predicted octanol–water partition coefficient (Wildman–Crippen LogP) is 4.85. The molecule has 3 aromatic rings. The number of halogens is 4. The minimum Gasteiger partial charge on any atom is -0.478 e. The fourth-order valence-electron chi connectivity index (χ4n) is 3.25. The number of rotatable bonds is 6. The van der Waals surface area contributed by atoms with Gasteiger partial charge in [0.1, 0.15) is 11.6 Å². The van der Waals surface area contributed by atoms with Gasteiger partial charge >= 0.3 is 12.3 Å². The van der Waals surface area contributed by atoms with Crippen LogP contribution in [-0.2, 0) is 0 Å². The highest BCUT2D eigenvalue weighted by Crippen LogP contribution is 2.43. The molecule has 0 radical (unpaired) electrons. The first-order valence-electron chi connectivity index (χ1n) is 9.17. The lowest BCUT2D eigenvalue weighted by Crippen LogP contribution is -2.17. The van der Waals surface area contributed by atoms with E-state index < -0.39 is 23.9 Å². The summed E-state index contributed by atoms with van der Waals surface area (Å²) in [7, 11) is 0. The summed E-state index contributed by atoms with van der Waals surface area (Å²) in [5, 5.41) is 12.3. The number of carboxylic acids is 1. The third-order valence-electron chi connectivity index (χ3n) is 4.77. The standard InChI is InChI=1S/C21H15F4N3O3/c22-17-5-4-14(31-21(23,24)25)7-16(17)19-26-9-13(10-27-19)28-18-8-15(18)11-2-1-3-12(6-11)20(29)30/h1-7,9-10,15,18,28H,8H2,(H,29,30). The Balaban J connectivity index is 1.45. The van der Waals surface area contributed by atoms with E-state index in [2.05, 4.69) is 20.0 Å². The fourth-order valence-corrected chi connectivity index (χ4v) is 3.25. The van der Waals surface area contributed by atoms with Gasteiger partial charge in [0.2, 0.25) is 0 Å². The van der Waals surface area contributed by atoms with Crippen molar-refractivity contribution < 1.29 is 32.2 Å². The van der Waals surface area contributed by atoms with Gasteiger partial charge in [-0.2, -0.15) is 0 Å². The van der Waals surface area contributed by atoms with Crippen LogP contribution in [0.4, 0.5) is 23.2 Å². The van der Waals surface area contributed by atoms with Gasteiger partial charge in [-0.1, -0.05) is 12.1 Å². The highest BCUT2D eigenvalue weighted by atomic mass is 19.4. The summed E-state index contributed by atoms with van der Waals surface area (Å²) in [6.07, 6.45) is -1.30. The molecular formula is C21H15F4N3O3. The number of benzene rings is 2. The largest absolute Gasteiger partial charge is 0.573 e. The van der Waals surface area contributed by atoms with Crippen molar-refractivity contribution in [3.05, 3.63) is 71.8 Å². The molecule has 6 nitrogen and oxygen atoms in total. The maximum Gasteiger partial charge on any atom is 0.573 e. The average molecular weight is 433 g/mol. The van der Waals surface area contributed by atoms with E-state index >= 15 is 0 Å². The molecule has 1 fully saturated rings. The number of nitrogens with zero attached hydrogens (tertiary/aromatic N) is 2. The highest BCUT2D eigenvalue weighted by molar-refractivity contribution is 5.87. The molecule has 31 heavy (non-hydrogen) atoms. The zero-order chi connectivity index (χ0) is 22.2. The number of anilines is 1. The summed E-state index contributed by atoms with van der Waals surface area (Å²) in [6, 6.07) is 9.37. The molecule has 1 saturated carbocycles. The lowest BCUT2D eigenvalue weighted by Gasteiger charge is -2.11. The van der Waals surface area contributed by atoms with Crippen molar-refractivity contribution >= 4 is 11.7 Å². The number of alkyl halides is 3. The van der Waals surface area contributed by atoms with Crippen molar-refractivity contribution in [2.75, 3.05) is 5.32 Å². The Morgan fingerprint density at radius 2 is 1.87 bits per heavy atom. The van der Waals surface area contributed by atoms with Crippen LogP contribution < -0.4 is 10.1 Å². The molecule has 2 atom stereocenters. The molecule has 1 heterocycles. The number of nitrogens with one attached hydrogen (secondary N) is 1. The first kappa shape index (κ1) is 20.6. The van der Waals surface area contributed by atoms with Gasteiger partial charge in [0.25, 0.3) is 0 Å². The Kier molecular flexibility index (Phi) is 5.22. The van der Waals surface area contributed by atoms with E-state index in [1.54, 1.807) is 12.1 Å². The summed E-state index contributed by atoms with van der Waals surface area (Å²) in [4.78, 5) is 19.2. The lowest BCUT2D eigenvalue weighted by molar-refractivity contribution is -0.274. The topological polar surface area (TPSA) is 84.3 Å². The smallest absolute Gasteiger partial charge is 0.478 e. The SMILES string of the molecule is O=C(O)c1cccc(C2CC2Nc2cnc(-c3cc(OC(F)(F)F)ccc3F)nc2)c1. The van der Waals surface area contributed by atoms with Crippen molar-refractivity contribution in [1.82, 2.24) is 9.97 Å². The molecule has 2 N–H and O–H groups in total. The van der Waals surface area contributed by atoms with E-state index in [1.165, 1.54) is 18.5 Å². The molecule has 160 valence electrons. The van der Waals surface area contributed by atoms with Crippen LogP contribution in [0.25, 0.3) is 11.4 Å². The summed E-state index contributed by atoms with van der Waals surface area (Å²) >= 11 is 0. The maximum atomic E-state index is 14.1. The van der Waals surface area contributed by atoms with Crippen LogP contribution in [0.2, 0.25) is 0 Å². The summed E-state index contributed by atoms with van der Waals surface area (Å²) in [5.41, 5.74) is 1.45. The number of ether oxygens (including phenoxy) is 1. The van der Waals surface area contributed by atoms with Gasteiger partial charge in [0.05, 0.1) is 29.2 Å². The van der Waals surface area contributed by atoms with E-state index in [0.29, 0.717) is 5.69 Å². The van der Waals surface area contributed by atoms with E-state index in [9.17, 15) is 22.4 Å². The molecule has 1 aliphatic rings. The number of hydrogen-bond acceptors (Lipinski definition) is 5. The molecule has 10 heteroatoms. The Labute approximate surface area is 173 Å². The molecule has 0 aliphatic heterocycles. The van der Waals surface area contributed by atoms with Crippen LogP contribution in [0.15, 0.2) is 54.9 Å². The molecule has 1 aromatic heterocycles. The first-order chi connectivity index (χ1) is 14.7. The van der Waals surface area contributed by atoms with E-state index in [0.717, 1.165) is 30.2 Å². The molecule has 2 aromatic carbocycles. The number of carboxylic acid groups (broad SMARTS) is 1. The average Bonchev–Trinajstić information content (AvgIpc) is 3.48. The second-order valence-corrected chi connectivity index (χ2v) is 7.01. The van der Waals surface area contributed by atoms with Gasteiger partial charge in [0.15, 0.2) is 5.82 Å². The van der Waals surface area contributed by atoms with Crippen LogP contribution >= 0.6 is 0 Å². The lowest BCUT2D eigenvalue weighted by atomic mass is 10.1. The monoisotopic (exact) mass is 433 g/mol. The van der Waals surface area contributed by atoms with Gasteiger partial charge in [-0.25, -0.2) is 19.2 Å². The summed E-state index contributed by atoms with van der Waals surface area (Å²) < 4.78 is 55.0. The zero-order valence-corrected chi connectivity index (χ0v) is 15.7. The highest BCUT2D eigenvalue weighted by Gasteiger charge is 2.38. The molecular weight excluding hydrogens is 418 g/mol. The van der Waals surface area contributed by atoms with Gasteiger partial charge < -0.3 is 15.2 Å². The molecule has 2 unspecified atom stereocenters. The van der Waals surface area contributed by atoms with Gasteiger partial charge in [-0.3, -0.25) is 0 Å². The summed E-state index contributed by atoms with van der Waals surface area (Å²) in [6.45, 7) is 0. The minimum absolute atomic E-state index is 0.0544. The van der Waals surface area contributed by atoms with Gasteiger partial charge in [-0.15, -0.1) is 13.2 Å². The molecule has 1 aliphatic carbocycles. The number of hydrogen-bond donors (Lipinski definition) is 2. The Hall–Kier alpha value is -3.69. The molecule has 0 bridgehead atoms. The third kappa shape index (κ3) is 4.90. The van der Waals surface area contributed by atoms with Crippen LogP contribution in [-0.4, -0.2) is 33.4 Å². The number of aromatic nitrogens is 2. The molecule has 0 saturated heterocycles. The Morgan fingerprint density at radius 1 is 1.13 bits per heavy atom. The Bertz CT molecular complexity index is 1120. The third-order valence-corrected chi connectivity index (χ3v) is 4.77. The van der Waals surface area contributed by atoms with Crippen molar-refractivity contribution in [3.63, 3.8) is 0 Å².